The molecule has 4 heteroatoms. The predicted octanol–water partition coefficient (Wildman–Crippen LogP) is 4.84. The number of alkyl carbamates (subject to hydrolysis) is 1. The number of carbonyl (C=O) groups excluding carboxylic acids is 1. The van der Waals surface area contributed by atoms with Crippen LogP contribution in [0, 0.1) is 18.8 Å². The molecule has 0 bridgehead atoms. The average Bonchev–Trinajstić information content (AvgIpc) is 2.87. The minimum Gasteiger partial charge on any atom is -0.444 e. The van der Waals surface area contributed by atoms with Gasteiger partial charge in [-0.3, -0.25) is 0 Å². The number of halogens is 1. The normalized spacial score (nSPS) is 16.4. The number of carbonyl (C=O) groups is 1. The molecule has 1 aliphatic rings. The summed E-state index contributed by atoms with van der Waals surface area (Å²) in [6.45, 7) is 7.53. The van der Waals surface area contributed by atoms with E-state index in [2.05, 4.69) is 17.2 Å². The van der Waals surface area contributed by atoms with Crippen LogP contribution in [-0.2, 0) is 4.74 Å². The number of amides is 1. The zero-order valence-electron chi connectivity index (χ0n) is 14.3. The Morgan fingerprint density at radius 1 is 1.30 bits per heavy atom. The molecular weight excluding hydrogens is 310 g/mol. The monoisotopic (exact) mass is 333 g/mol. The van der Waals surface area contributed by atoms with Crippen LogP contribution in [0.15, 0.2) is 18.2 Å². The van der Waals surface area contributed by atoms with Gasteiger partial charge < -0.3 is 10.1 Å². The lowest BCUT2D eigenvalue weighted by atomic mass is 9.98. The Kier molecular flexibility index (Phi) is 5.26. The van der Waals surface area contributed by atoms with Gasteiger partial charge in [0.2, 0.25) is 0 Å². The second-order valence-corrected chi connectivity index (χ2v) is 7.54. The van der Waals surface area contributed by atoms with Crippen molar-refractivity contribution in [3.8, 4) is 11.8 Å². The van der Waals surface area contributed by atoms with Crippen molar-refractivity contribution in [1.82, 2.24) is 5.32 Å². The number of nitrogens with one attached hydrogen (secondary N) is 1. The van der Waals surface area contributed by atoms with Crippen molar-refractivity contribution < 1.29 is 9.53 Å². The Bertz CT molecular complexity index is 644. The van der Waals surface area contributed by atoms with Crippen LogP contribution in [0.1, 0.15) is 57.6 Å². The fourth-order valence-corrected chi connectivity index (χ4v) is 2.79. The van der Waals surface area contributed by atoms with E-state index in [0.29, 0.717) is 0 Å². The molecule has 1 aromatic carbocycles. The first kappa shape index (κ1) is 17.7. The van der Waals surface area contributed by atoms with Gasteiger partial charge in [-0.1, -0.05) is 23.4 Å². The zero-order valence-corrected chi connectivity index (χ0v) is 15.0. The lowest BCUT2D eigenvalue weighted by Crippen LogP contribution is -2.47. The third kappa shape index (κ3) is 5.18. The molecule has 1 N–H and O–H groups in total. The van der Waals surface area contributed by atoms with Gasteiger partial charge in [-0.15, -0.1) is 0 Å². The highest BCUT2D eigenvalue weighted by molar-refractivity contribution is 6.31. The van der Waals surface area contributed by atoms with E-state index in [1.807, 2.05) is 45.9 Å². The SMILES string of the molecule is Cc1cc(C#CC2(NC(=O)OC(C)(C)C)CCCC2)ccc1Cl. The third-order valence-electron chi connectivity index (χ3n) is 3.80. The molecule has 1 aromatic rings. The summed E-state index contributed by atoms with van der Waals surface area (Å²) in [5.41, 5.74) is 0.906. The highest BCUT2D eigenvalue weighted by Crippen LogP contribution is 2.29. The van der Waals surface area contributed by atoms with Crippen molar-refractivity contribution in [2.24, 2.45) is 0 Å². The lowest BCUT2D eigenvalue weighted by molar-refractivity contribution is 0.0483. The first-order chi connectivity index (χ1) is 10.7. The van der Waals surface area contributed by atoms with Crippen LogP contribution in [0.25, 0.3) is 0 Å². The van der Waals surface area contributed by atoms with Gasteiger partial charge >= 0.3 is 6.09 Å². The summed E-state index contributed by atoms with van der Waals surface area (Å²) in [5.74, 6) is 6.45. The molecule has 0 radical (unpaired) electrons. The Hall–Kier alpha value is -1.66. The van der Waals surface area contributed by atoms with Crippen LogP contribution < -0.4 is 5.32 Å². The number of hydrogen-bond acceptors (Lipinski definition) is 2. The molecule has 1 saturated carbocycles. The molecule has 2 rings (SSSR count). The van der Waals surface area contributed by atoms with E-state index in [9.17, 15) is 4.79 Å². The summed E-state index contributed by atoms with van der Waals surface area (Å²) in [6.07, 6.45) is 3.42. The van der Waals surface area contributed by atoms with Crippen molar-refractivity contribution in [1.29, 1.82) is 0 Å². The van der Waals surface area contributed by atoms with E-state index >= 15 is 0 Å². The smallest absolute Gasteiger partial charge is 0.408 e. The van der Waals surface area contributed by atoms with E-state index in [4.69, 9.17) is 16.3 Å². The maximum Gasteiger partial charge on any atom is 0.408 e. The summed E-state index contributed by atoms with van der Waals surface area (Å²) in [6, 6.07) is 5.72. The van der Waals surface area contributed by atoms with Crippen LogP contribution in [0.3, 0.4) is 0 Å². The topological polar surface area (TPSA) is 38.3 Å². The first-order valence-electron chi connectivity index (χ1n) is 8.00. The quantitative estimate of drug-likeness (QED) is 0.747. The number of ether oxygens (including phenoxy) is 1. The molecule has 1 amide bonds. The number of rotatable bonds is 1. The Labute approximate surface area is 143 Å². The van der Waals surface area contributed by atoms with Gasteiger partial charge in [0.15, 0.2) is 0 Å². The Balaban J connectivity index is 2.17. The van der Waals surface area contributed by atoms with Gasteiger partial charge in [-0.05, 0) is 77.1 Å². The molecule has 23 heavy (non-hydrogen) atoms. The molecule has 0 aliphatic heterocycles. The lowest BCUT2D eigenvalue weighted by Gasteiger charge is -2.27. The summed E-state index contributed by atoms with van der Waals surface area (Å²) < 4.78 is 5.38. The summed E-state index contributed by atoms with van der Waals surface area (Å²) in [7, 11) is 0. The minimum absolute atomic E-state index is 0.402. The van der Waals surface area contributed by atoms with Gasteiger partial charge in [0, 0.05) is 10.6 Å². The first-order valence-corrected chi connectivity index (χ1v) is 8.37. The minimum atomic E-state index is -0.509. The molecule has 0 unspecified atom stereocenters. The maximum atomic E-state index is 12.1. The largest absolute Gasteiger partial charge is 0.444 e. The summed E-state index contributed by atoms with van der Waals surface area (Å²) in [5, 5.41) is 3.72. The van der Waals surface area contributed by atoms with Crippen LogP contribution in [0.2, 0.25) is 5.02 Å². The van der Waals surface area contributed by atoms with Crippen LogP contribution >= 0.6 is 11.6 Å². The van der Waals surface area contributed by atoms with Crippen LogP contribution in [0.5, 0.6) is 0 Å². The van der Waals surface area contributed by atoms with E-state index in [-0.39, 0.29) is 0 Å². The molecule has 0 saturated heterocycles. The molecular formula is C19H24ClNO2. The van der Waals surface area contributed by atoms with E-state index < -0.39 is 17.2 Å². The average molecular weight is 334 g/mol. The van der Waals surface area contributed by atoms with Crippen LogP contribution in [0.4, 0.5) is 4.79 Å². The standard InChI is InChI=1S/C19H24ClNO2/c1-14-13-15(7-8-16(14)20)9-12-19(10-5-6-11-19)21-17(22)23-18(2,3)4/h7-8,13H,5-6,10-11H2,1-4H3,(H,21,22). The summed E-state index contributed by atoms with van der Waals surface area (Å²) in [4.78, 5) is 12.1. The molecule has 1 aliphatic carbocycles. The fraction of sp³-hybridized carbons (Fsp3) is 0.526. The van der Waals surface area contributed by atoms with Crippen molar-refractivity contribution in [2.45, 2.75) is 64.5 Å². The zero-order chi connectivity index (χ0) is 17.1. The van der Waals surface area contributed by atoms with E-state index in [0.717, 1.165) is 41.8 Å². The van der Waals surface area contributed by atoms with E-state index in [1.54, 1.807) is 0 Å². The number of aryl methyl sites for hydroxylation is 1. The van der Waals surface area contributed by atoms with Crippen molar-refractivity contribution >= 4 is 17.7 Å². The number of benzene rings is 1. The van der Waals surface area contributed by atoms with Gasteiger partial charge in [0.25, 0.3) is 0 Å². The second-order valence-electron chi connectivity index (χ2n) is 7.13. The molecule has 1 fully saturated rings. The van der Waals surface area contributed by atoms with Crippen molar-refractivity contribution in [2.75, 3.05) is 0 Å². The number of hydrogen-bond donors (Lipinski definition) is 1. The maximum absolute atomic E-state index is 12.1. The van der Waals surface area contributed by atoms with Crippen LogP contribution in [-0.4, -0.2) is 17.2 Å². The van der Waals surface area contributed by atoms with Gasteiger partial charge in [0.1, 0.15) is 11.1 Å². The molecule has 124 valence electrons. The second kappa shape index (κ2) is 6.84. The van der Waals surface area contributed by atoms with Crippen molar-refractivity contribution in [3.05, 3.63) is 34.3 Å². The van der Waals surface area contributed by atoms with Gasteiger partial charge in [-0.25, -0.2) is 4.79 Å². The Morgan fingerprint density at radius 2 is 1.96 bits per heavy atom. The fourth-order valence-electron chi connectivity index (χ4n) is 2.67. The Morgan fingerprint density at radius 3 is 2.52 bits per heavy atom. The molecule has 0 heterocycles. The highest BCUT2D eigenvalue weighted by Gasteiger charge is 2.35. The predicted molar refractivity (Wildman–Crippen MR) is 93.6 cm³/mol. The molecule has 0 aromatic heterocycles. The van der Waals surface area contributed by atoms with Crippen molar-refractivity contribution in [3.63, 3.8) is 0 Å². The third-order valence-corrected chi connectivity index (χ3v) is 4.23. The van der Waals surface area contributed by atoms with Gasteiger partial charge in [-0.2, -0.15) is 0 Å². The molecule has 0 atom stereocenters. The molecule has 0 spiro atoms. The van der Waals surface area contributed by atoms with Gasteiger partial charge in [0.05, 0.1) is 0 Å². The highest BCUT2D eigenvalue weighted by atomic mass is 35.5. The summed E-state index contributed by atoms with van der Waals surface area (Å²) >= 11 is 6.04. The molecule has 3 nitrogen and oxygen atoms in total. The van der Waals surface area contributed by atoms with E-state index in [1.165, 1.54) is 0 Å².